The van der Waals surface area contributed by atoms with Crippen molar-refractivity contribution in [2.24, 2.45) is 0 Å². The number of nitrogens with zero attached hydrogens (tertiary/aromatic N) is 1. The van der Waals surface area contributed by atoms with Crippen LogP contribution in [0.1, 0.15) is 70.3 Å². The van der Waals surface area contributed by atoms with Gasteiger partial charge in [-0.05, 0) is 44.1 Å². The van der Waals surface area contributed by atoms with Gasteiger partial charge in [0.05, 0.1) is 13.2 Å². The largest absolute Gasteiger partial charge is 0.467 e. The average Bonchev–Trinajstić information content (AvgIpc) is 2.70. The number of hydrogen-bond acceptors (Lipinski definition) is 4. The van der Waals surface area contributed by atoms with Gasteiger partial charge in [-0.1, -0.05) is 56.5 Å². The SMILES string of the molecule is CCCCCC(C(=O)OC)N1C(=O)CCCC1CCC(O)Cc1ccccc1. The lowest BCUT2D eigenvalue weighted by molar-refractivity contribution is -0.157. The zero-order valence-electron chi connectivity index (χ0n) is 17.3. The highest BCUT2D eigenvalue weighted by atomic mass is 16.5. The molecule has 1 fully saturated rings. The number of benzene rings is 1. The first-order chi connectivity index (χ1) is 13.6. The number of esters is 1. The second-order valence-corrected chi connectivity index (χ2v) is 7.80. The second-order valence-electron chi connectivity index (χ2n) is 7.80. The maximum atomic E-state index is 12.7. The van der Waals surface area contributed by atoms with Crippen LogP contribution in [0.2, 0.25) is 0 Å². The number of rotatable bonds is 11. The van der Waals surface area contributed by atoms with Crippen molar-refractivity contribution in [3.63, 3.8) is 0 Å². The molecule has 1 amide bonds. The van der Waals surface area contributed by atoms with E-state index < -0.39 is 12.1 Å². The molecule has 3 atom stereocenters. The fourth-order valence-corrected chi connectivity index (χ4v) is 4.14. The Hall–Kier alpha value is -1.88. The van der Waals surface area contributed by atoms with Crippen molar-refractivity contribution in [2.45, 2.75) is 89.3 Å². The summed E-state index contributed by atoms with van der Waals surface area (Å²) < 4.78 is 5.02. The van der Waals surface area contributed by atoms with E-state index in [0.29, 0.717) is 32.1 Å². The molecule has 1 saturated heterocycles. The van der Waals surface area contributed by atoms with Crippen molar-refractivity contribution in [1.29, 1.82) is 0 Å². The predicted octanol–water partition coefficient (Wildman–Crippen LogP) is 3.87. The average molecular weight is 390 g/mol. The quantitative estimate of drug-likeness (QED) is 0.461. The van der Waals surface area contributed by atoms with Crippen molar-refractivity contribution in [2.75, 3.05) is 7.11 Å². The summed E-state index contributed by atoms with van der Waals surface area (Å²) in [5, 5.41) is 10.5. The Balaban J connectivity index is 2.00. The Morgan fingerprint density at radius 3 is 2.68 bits per heavy atom. The number of likely N-dealkylation sites (tertiary alicyclic amines) is 1. The van der Waals surface area contributed by atoms with Gasteiger partial charge >= 0.3 is 5.97 Å². The van der Waals surface area contributed by atoms with Crippen LogP contribution >= 0.6 is 0 Å². The van der Waals surface area contributed by atoms with E-state index in [4.69, 9.17) is 4.74 Å². The molecule has 0 spiro atoms. The highest BCUT2D eigenvalue weighted by Gasteiger charge is 2.37. The molecule has 1 aliphatic heterocycles. The lowest BCUT2D eigenvalue weighted by Gasteiger charge is -2.40. The van der Waals surface area contributed by atoms with Gasteiger partial charge in [0.2, 0.25) is 5.91 Å². The zero-order chi connectivity index (χ0) is 20.4. The third-order valence-corrected chi connectivity index (χ3v) is 5.65. The van der Waals surface area contributed by atoms with Crippen LogP contribution in [0.3, 0.4) is 0 Å². The minimum atomic E-state index is -0.499. The molecular weight excluding hydrogens is 354 g/mol. The fourth-order valence-electron chi connectivity index (χ4n) is 4.14. The smallest absolute Gasteiger partial charge is 0.328 e. The van der Waals surface area contributed by atoms with Crippen molar-refractivity contribution in [3.8, 4) is 0 Å². The van der Waals surface area contributed by atoms with Crippen LogP contribution in [-0.4, -0.2) is 47.2 Å². The molecule has 28 heavy (non-hydrogen) atoms. The van der Waals surface area contributed by atoms with E-state index in [2.05, 4.69) is 6.92 Å². The summed E-state index contributed by atoms with van der Waals surface area (Å²) >= 11 is 0. The van der Waals surface area contributed by atoms with Crippen LogP contribution in [0.5, 0.6) is 0 Å². The molecule has 0 radical (unpaired) electrons. The first-order valence-electron chi connectivity index (χ1n) is 10.7. The first kappa shape index (κ1) is 22.4. The van der Waals surface area contributed by atoms with E-state index in [0.717, 1.165) is 37.7 Å². The zero-order valence-corrected chi connectivity index (χ0v) is 17.3. The maximum Gasteiger partial charge on any atom is 0.328 e. The van der Waals surface area contributed by atoms with Gasteiger partial charge in [-0.3, -0.25) is 4.79 Å². The van der Waals surface area contributed by atoms with Gasteiger partial charge in [0.1, 0.15) is 6.04 Å². The van der Waals surface area contributed by atoms with Crippen LogP contribution in [0.15, 0.2) is 30.3 Å². The Morgan fingerprint density at radius 2 is 2.00 bits per heavy atom. The van der Waals surface area contributed by atoms with E-state index >= 15 is 0 Å². The lowest BCUT2D eigenvalue weighted by atomic mass is 9.92. The number of carbonyl (C=O) groups is 2. The summed E-state index contributed by atoms with van der Waals surface area (Å²) in [7, 11) is 1.39. The predicted molar refractivity (Wildman–Crippen MR) is 110 cm³/mol. The minimum absolute atomic E-state index is 0.00241. The van der Waals surface area contributed by atoms with Gasteiger partial charge in [0.15, 0.2) is 0 Å². The Bertz CT molecular complexity index is 604. The van der Waals surface area contributed by atoms with E-state index in [1.54, 1.807) is 4.90 Å². The van der Waals surface area contributed by atoms with Gasteiger partial charge in [0, 0.05) is 12.5 Å². The van der Waals surface area contributed by atoms with Crippen molar-refractivity contribution in [3.05, 3.63) is 35.9 Å². The van der Waals surface area contributed by atoms with Crippen LogP contribution in [0.25, 0.3) is 0 Å². The number of amides is 1. The molecule has 0 saturated carbocycles. The standard InChI is InChI=1S/C23H35NO4/c1-3-4-6-13-21(23(27)28-2)24-19(12-9-14-22(24)26)15-16-20(25)17-18-10-7-5-8-11-18/h5,7-8,10-11,19-21,25H,3-4,6,9,12-17H2,1-2H3. The molecule has 5 heteroatoms. The topological polar surface area (TPSA) is 66.8 Å². The highest BCUT2D eigenvalue weighted by molar-refractivity contribution is 5.85. The summed E-state index contributed by atoms with van der Waals surface area (Å²) in [6.07, 6.45) is 7.36. The molecule has 5 nitrogen and oxygen atoms in total. The summed E-state index contributed by atoms with van der Waals surface area (Å²) in [4.78, 5) is 26.9. The Morgan fingerprint density at radius 1 is 1.25 bits per heavy atom. The van der Waals surface area contributed by atoms with E-state index in [-0.39, 0.29) is 17.9 Å². The normalized spacial score (nSPS) is 19.3. The number of piperidine rings is 1. The Kier molecular flexibility index (Phi) is 9.48. The number of unbranched alkanes of at least 4 members (excludes halogenated alkanes) is 2. The molecule has 1 aromatic carbocycles. The third kappa shape index (κ3) is 6.62. The molecule has 156 valence electrons. The van der Waals surface area contributed by atoms with Crippen LogP contribution in [0.4, 0.5) is 0 Å². The summed E-state index contributed by atoms with van der Waals surface area (Å²) in [5.41, 5.74) is 1.11. The fraction of sp³-hybridized carbons (Fsp3) is 0.652. The number of methoxy groups -OCH3 is 1. The van der Waals surface area contributed by atoms with Crippen molar-refractivity contribution >= 4 is 11.9 Å². The molecule has 0 aromatic heterocycles. The second kappa shape index (κ2) is 11.8. The minimum Gasteiger partial charge on any atom is -0.467 e. The number of aliphatic hydroxyl groups is 1. The van der Waals surface area contributed by atoms with Crippen LogP contribution in [0, 0.1) is 0 Å². The molecule has 1 aliphatic rings. The highest BCUT2D eigenvalue weighted by Crippen LogP contribution is 2.28. The molecule has 3 unspecified atom stereocenters. The number of carbonyl (C=O) groups excluding carboxylic acids is 2. The lowest BCUT2D eigenvalue weighted by Crippen LogP contribution is -2.53. The maximum absolute atomic E-state index is 12.7. The van der Waals surface area contributed by atoms with Gasteiger partial charge in [0.25, 0.3) is 0 Å². The third-order valence-electron chi connectivity index (χ3n) is 5.65. The molecule has 2 rings (SSSR count). The molecular formula is C23H35NO4. The van der Waals surface area contributed by atoms with E-state index in [9.17, 15) is 14.7 Å². The van der Waals surface area contributed by atoms with E-state index in [1.165, 1.54) is 7.11 Å². The van der Waals surface area contributed by atoms with Crippen molar-refractivity contribution < 1.29 is 19.4 Å². The van der Waals surface area contributed by atoms with Gasteiger partial charge < -0.3 is 14.7 Å². The van der Waals surface area contributed by atoms with Gasteiger partial charge in [-0.2, -0.15) is 0 Å². The summed E-state index contributed by atoms with van der Waals surface area (Å²) in [5.74, 6) is -0.276. The Labute approximate surface area is 169 Å². The summed E-state index contributed by atoms with van der Waals surface area (Å²) in [6, 6.07) is 9.44. The summed E-state index contributed by atoms with van der Waals surface area (Å²) in [6.45, 7) is 2.12. The number of ether oxygens (including phenoxy) is 1. The van der Waals surface area contributed by atoms with Gasteiger partial charge in [-0.15, -0.1) is 0 Å². The monoisotopic (exact) mass is 389 g/mol. The van der Waals surface area contributed by atoms with Gasteiger partial charge in [-0.25, -0.2) is 4.79 Å². The van der Waals surface area contributed by atoms with Crippen molar-refractivity contribution in [1.82, 2.24) is 4.90 Å². The first-order valence-corrected chi connectivity index (χ1v) is 10.7. The molecule has 0 aliphatic carbocycles. The molecule has 1 N–H and O–H groups in total. The molecule has 1 aromatic rings. The van der Waals surface area contributed by atoms with Crippen LogP contribution < -0.4 is 0 Å². The number of aliphatic hydroxyl groups excluding tert-OH is 1. The number of hydrogen-bond donors (Lipinski definition) is 1. The van der Waals surface area contributed by atoms with Crippen LogP contribution in [-0.2, 0) is 20.7 Å². The molecule has 1 heterocycles. The van der Waals surface area contributed by atoms with E-state index in [1.807, 2.05) is 30.3 Å². The molecule has 0 bridgehead atoms.